The van der Waals surface area contributed by atoms with Gasteiger partial charge in [-0.25, -0.2) is 14.5 Å². The van der Waals surface area contributed by atoms with Gasteiger partial charge in [-0.2, -0.15) is 0 Å². The molecule has 72 heavy (non-hydrogen) atoms. The van der Waals surface area contributed by atoms with Crippen molar-refractivity contribution in [3.05, 3.63) is 175 Å². The van der Waals surface area contributed by atoms with Gasteiger partial charge in [0.2, 0.25) is 11.4 Å². The second kappa shape index (κ2) is 23.9. The van der Waals surface area contributed by atoms with Crippen molar-refractivity contribution in [1.29, 1.82) is 0 Å². The van der Waals surface area contributed by atoms with E-state index in [2.05, 4.69) is 65.1 Å². The lowest BCUT2D eigenvalue weighted by Gasteiger charge is -2.63. The van der Waals surface area contributed by atoms with Crippen molar-refractivity contribution < 1.29 is 44.0 Å². The second-order valence-corrected chi connectivity index (χ2v) is 21.6. The Morgan fingerprint density at radius 2 is 0.889 bits per heavy atom. The normalized spacial score (nSPS) is 19.4. The van der Waals surface area contributed by atoms with Gasteiger partial charge in [0.05, 0.1) is 28.8 Å². The molecule has 0 spiro atoms. The monoisotopic (exact) mass is 1010 g/mol. The van der Waals surface area contributed by atoms with Crippen molar-refractivity contribution in [3.8, 4) is 11.5 Å². The molecule has 0 saturated heterocycles. The first kappa shape index (κ1) is 56.6. The van der Waals surface area contributed by atoms with Crippen molar-refractivity contribution in [1.82, 2.24) is 0 Å². The zero-order chi connectivity index (χ0) is 53.2. The summed E-state index contributed by atoms with van der Waals surface area (Å²) in [5, 5.41) is 26.9. The van der Waals surface area contributed by atoms with Gasteiger partial charge in [-0.15, -0.1) is 0 Å². The highest BCUT2D eigenvalue weighted by Crippen LogP contribution is 2.63. The Morgan fingerprint density at radius 1 is 0.556 bits per heavy atom. The molecule has 5 aromatic carbocycles. The van der Waals surface area contributed by atoms with Gasteiger partial charge in [0, 0.05) is 65.3 Å². The van der Waals surface area contributed by atoms with Crippen LogP contribution in [0.5, 0.6) is 11.5 Å². The van der Waals surface area contributed by atoms with Gasteiger partial charge in [-0.1, -0.05) is 151 Å². The van der Waals surface area contributed by atoms with Crippen molar-refractivity contribution in [2.75, 3.05) is 13.2 Å². The molecule has 5 aromatic rings. The van der Waals surface area contributed by atoms with Gasteiger partial charge in [0.1, 0.15) is 30.0 Å². The average Bonchev–Trinajstić information content (AvgIpc) is 3.34. The minimum Gasteiger partial charge on any atom is -0.489 e. The van der Waals surface area contributed by atoms with E-state index >= 15 is 0 Å². The SMILES string of the molecule is O=C(O)c1ccc(CCO)cc1.[C-]#[N+]c1ccc(OC2C(C)(C)C(CC(=O)c3ccc(CC=O)cc3)C2(C)C)cc1Cl.[C-]#[N+]c1ccc(OC2C(C)(C)C(CC(=O)c3ccc(CCO)cc3)C2(C)C)cc1Cl. The number of halogens is 2. The third kappa shape index (κ3) is 13.0. The molecule has 2 aliphatic rings. The van der Waals surface area contributed by atoms with Crippen molar-refractivity contribution in [2.45, 2.75) is 99.7 Å². The van der Waals surface area contributed by atoms with Crippen LogP contribution in [0.15, 0.2) is 109 Å². The fourth-order valence-electron chi connectivity index (χ4n) is 11.1. The predicted molar refractivity (Wildman–Crippen MR) is 282 cm³/mol. The molecule has 11 nitrogen and oxygen atoms in total. The van der Waals surface area contributed by atoms with E-state index in [1.165, 1.54) is 12.1 Å². The minimum atomic E-state index is -0.925. The van der Waals surface area contributed by atoms with Crippen molar-refractivity contribution in [3.63, 3.8) is 0 Å². The van der Waals surface area contributed by atoms with Crippen LogP contribution in [-0.4, -0.2) is 64.6 Å². The number of nitrogens with zero attached hydrogens (tertiary/aromatic N) is 2. The van der Waals surface area contributed by atoms with Gasteiger partial charge in [-0.3, -0.25) is 9.59 Å². The summed E-state index contributed by atoms with van der Waals surface area (Å²) in [6.07, 6.45) is 3.10. The lowest BCUT2D eigenvalue weighted by Crippen LogP contribution is -2.66. The van der Waals surface area contributed by atoms with Crippen LogP contribution in [0.1, 0.15) is 116 Å². The maximum Gasteiger partial charge on any atom is 0.335 e. The van der Waals surface area contributed by atoms with E-state index in [1.807, 2.05) is 36.4 Å². The molecule has 0 bridgehead atoms. The highest BCUT2D eigenvalue weighted by molar-refractivity contribution is 6.33. The van der Waals surface area contributed by atoms with E-state index in [4.69, 9.17) is 61.1 Å². The standard InChI is InChI=1S/C25H28ClNO3.C25H26ClNO3.C9H10O3/c2*1-24(2)22(15-21(29)17-8-6-16(7-9-17)12-13-28)25(3,4)23(24)30-18-10-11-20(27-5)19(26)14-18;10-6-5-7-1-3-8(4-2-7)9(11)12/h6-11,14,22-23,28H,12-13,15H2,1-4H3;6-11,13-14,22-23H,12,15H2,1-4H3;1-4,10H,5-6H2,(H,11,12). The summed E-state index contributed by atoms with van der Waals surface area (Å²) in [7, 11) is 0. The van der Waals surface area contributed by atoms with Crippen LogP contribution >= 0.6 is 23.2 Å². The molecule has 2 aliphatic carbocycles. The van der Waals surface area contributed by atoms with Gasteiger partial charge in [-0.05, 0) is 77.8 Å². The van der Waals surface area contributed by atoms with Crippen LogP contribution in [0.2, 0.25) is 10.0 Å². The number of carbonyl (C=O) groups is 4. The van der Waals surface area contributed by atoms with E-state index in [0.29, 0.717) is 76.2 Å². The fraction of sp³-hybridized carbons (Fsp3) is 0.390. The summed E-state index contributed by atoms with van der Waals surface area (Å²) >= 11 is 12.3. The Bertz CT molecular complexity index is 2770. The molecule has 0 heterocycles. The average molecular weight is 1020 g/mol. The number of ketones is 2. The van der Waals surface area contributed by atoms with Gasteiger partial charge in [0.25, 0.3) is 0 Å². The first-order chi connectivity index (χ1) is 33.9. The zero-order valence-electron chi connectivity index (χ0n) is 42.2. The number of aldehydes is 1. The Balaban J connectivity index is 0.000000218. The molecule has 13 heteroatoms. The molecule has 0 aliphatic heterocycles. The molecular formula is C59H64Cl2N2O9. The number of rotatable bonds is 17. The lowest BCUT2D eigenvalue weighted by molar-refractivity contribution is -0.196. The van der Waals surface area contributed by atoms with E-state index in [0.717, 1.165) is 23.0 Å². The van der Waals surface area contributed by atoms with E-state index < -0.39 is 5.97 Å². The van der Waals surface area contributed by atoms with Crippen LogP contribution < -0.4 is 9.47 Å². The third-order valence-electron chi connectivity index (χ3n) is 14.5. The number of Topliss-reactive ketones (excluding diaryl/α,β-unsaturated/α-hetero) is 2. The molecule has 0 amide bonds. The summed E-state index contributed by atoms with van der Waals surface area (Å²) < 4.78 is 12.6. The fourth-order valence-corrected chi connectivity index (χ4v) is 11.5. The first-order valence-corrected chi connectivity index (χ1v) is 24.6. The number of benzene rings is 5. The number of carboxylic acid groups (broad SMARTS) is 1. The van der Waals surface area contributed by atoms with Gasteiger partial charge in [0.15, 0.2) is 11.6 Å². The molecule has 0 radical (unpaired) electrons. The third-order valence-corrected chi connectivity index (χ3v) is 15.1. The molecule has 2 saturated carbocycles. The van der Waals surface area contributed by atoms with Crippen LogP contribution in [0.25, 0.3) is 9.69 Å². The number of carbonyl (C=O) groups excluding carboxylic acids is 3. The quantitative estimate of drug-likeness (QED) is 0.0469. The predicted octanol–water partition coefficient (Wildman–Crippen LogP) is 13.4. The zero-order valence-corrected chi connectivity index (χ0v) is 43.7. The number of carboxylic acids is 1. The smallest absolute Gasteiger partial charge is 0.335 e. The molecule has 0 atom stereocenters. The van der Waals surface area contributed by atoms with Crippen LogP contribution in [-0.2, 0) is 24.1 Å². The Labute approximate surface area is 433 Å². The Kier molecular flexibility index (Phi) is 18.8. The number of hydrogen-bond donors (Lipinski definition) is 3. The summed E-state index contributed by atoms with van der Waals surface area (Å²) in [5.41, 5.74) is 4.53. The van der Waals surface area contributed by atoms with Gasteiger partial charge < -0.3 is 29.6 Å². The highest BCUT2D eigenvalue weighted by Gasteiger charge is 2.64. The van der Waals surface area contributed by atoms with Crippen molar-refractivity contribution >= 4 is 58.4 Å². The Hall–Kier alpha value is -6.34. The van der Waals surface area contributed by atoms with E-state index in [-0.39, 0.29) is 76.0 Å². The van der Waals surface area contributed by atoms with Gasteiger partial charge >= 0.3 is 5.97 Å². The summed E-state index contributed by atoms with van der Waals surface area (Å²) in [6.45, 7) is 31.5. The molecule has 2 fully saturated rings. The number of aliphatic hydroxyl groups is 2. The topological polar surface area (TPSA) is 156 Å². The molecule has 378 valence electrons. The first-order valence-electron chi connectivity index (χ1n) is 23.8. The molecule has 3 N–H and O–H groups in total. The van der Waals surface area contributed by atoms with Crippen LogP contribution in [0, 0.1) is 46.6 Å². The number of aromatic carboxylic acids is 1. The number of hydrogen-bond acceptors (Lipinski definition) is 8. The molecular weight excluding hydrogens is 952 g/mol. The highest BCUT2D eigenvalue weighted by atomic mass is 35.5. The van der Waals surface area contributed by atoms with Crippen LogP contribution in [0.3, 0.4) is 0 Å². The molecule has 0 unspecified atom stereocenters. The molecule has 7 rings (SSSR count). The van der Waals surface area contributed by atoms with E-state index in [1.54, 1.807) is 60.7 Å². The van der Waals surface area contributed by atoms with E-state index in [9.17, 15) is 19.2 Å². The number of aliphatic hydroxyl groups excluding tert-OH is 2. The second-order valence-electron chi connectivity index (χ2n) is 20.8. The summed E-state index contributed by atoms with van der Waals surface area (Å²) in [6, 6.07) is 31.5. The van der Waals surface area contributed by atoms with Crippen molar-refractivity contribution in [2.24, 2.45) is 33.5 Å². The molecule has 0 aromatic heterocycles. The summed E-state index contributed by atoms with van der Waals surface area (Å²) in [4.78, 5) is 53.7. The summed E-state index contributed by atoms with van der Waals surface area (Å²) in [5.74, 6) is 0.886. The maximum absolute atomic E-state index is 12.9. The number of ether oxygens (including phenoxy) is 2. The lowest BCUT2D eigenvalue weighted by atomic mass is 9.44. The van der Waals surface area contributed by atoms with Crippen LogP contribution in [0.4, 0.5) is 11.4 Å². The largest absolute Gasteiger partial charge is 0.489 e. The maximum atomic E-state index is 12.9. The minimum absolute atomic E-state index is 0.0791. The Morgan fingerprint density at radius 3 is 1.18 bits per heavy atom.